The van der Waals surface area contributed by atoms with E-state index in [1.165, 1.54) is 0 Å². The zero-order valence-corrected chi connectivity index (χ0v) is 24.5. The molecule has 3 atom stereocenters. The Labute approximate surface area is 232 Å². The third-order valence-electron chi connectivity index (χ3n) is 6.23. The molecular formula is C25H35Cl3N2O5S. The van der Waals surface area contributed by atoms with Gasteiger partial charge in [0.2, 0.25) is 0 Å². The maximum absolute atomic E-state index is 13.2. The molecule has 1 aromatic rings. The molecule has 1 aromatic carbocycles. The average Bonchev–Trinajstić information content (AvgIpc) is 3.18. The summed E-state index contributed by atoms with van der Waals surface area (Å²) in [7, 11) is 0. The molecule has 2 fully saturated rings. The lowest BCUT2D eigenvalue weighted by Gasteiger charge is -2.39. The number of carbonyl (C=O) groups excluding carboxylic acids is 1. The number of nitrogens with zero attached hydrogens (tertiary/aromatic N) is 1. The standard InChI is InChI=1S/C25H35Cl3N2O5S/c1-7-12-33-17-13-16(26)20(27)21(28)19(17)22(29-36(32)24(2,3)4)15-8-10-30(11-9-15)23(31)18-14-34-25(5,6)35-18/h7,13,15,18,22,29H,1,8-12,14H2,2-6H3/t18-,22-,36?/m1/s1. The summed E-state index contributed by atoms with van der Waals surface area (Å²) >= 11 is 18.1. The van der Waals surface area contributed by atoms with E-state index in [0.29, 0.717) is 37.2 Å². The minimum Gasteiger partial charge on any atom is -0.598 e. The molecule has 0 saturated carbocycles. The summed E-state index contributed by atoms with van der Waals surface area (Å²) < 4.78 is 33.2. The second-order valence-electron chi connectivity index (χ2n) is 10.5. The molecule has 2 aliphatic heterocycles. The average molecular weight is 582 g/mol. The molecule has 0 aromatic heterocycles. The van der Waals surface area contributed by atoms with Crippen molar-refractivity contribution in [1.29, 1.82) is 0 Å². The molecule has 3 rings (SSSR count). The Bertz CT molecular complexity index is 964. The van der Waals surface area contributed by atoms with Crippen LogP contribution in [0.2, 0.25) is 15.1 Å². The molecule has 36 heavy (non-hydrogen) atoms. The molecule has 1 amide bonds. The second kappa shape index (κ2) is 12.0. The lowest BCUT2D eigenvalue weighted by molar-refractivity contribution is -0.161. The van der Waals surface area contributed by atoms with Gasteiger partial charge in [-0.15, -0.1) is 4.72 Å². The molecule has 2 aliphatic rings. The van der Waals surface area contributed by atoms with Crippen molar-refractivity contribution >= 4 is 52.1 Å². The minimum atomic E-state index is -1.41. The number of benzene rings is 1. The first-order valence-corrected chi connectivity index (χ1v) is 14.2. The van der Waals surface area contributed by atoms with Crippen molar-refractivity contribution in [3.63, 3.8) is 0 Å². The summed E-state index contributed by atoms with van der Waals surface area (Å²) in [5, 5.41) is 0.729. The monoisotopic (exact) mass is 580 g/mol. The third kappa shape index (κ3) is 7.03. The van der Waals surface area contributed by atoms with Gasteiger partial charge in [0.05, 0.1) is 27.7 Å². The van der Waals surface area contributed by atoms with E-state index in [-0.39, 0.29) is 40.1 Å². The van der Waals surface area contributed by atoms with E-state index in [1.54, 1.807) is 30.9 Å². The summed E-state index contributed by atoms with van der Waals surface area (Å²) in [5.41, 5.74) is 0.601. The van der Waals surface area contributed by atoms with Gasteiger partial charge in [0.1, 0.15) is 17.1 Å². The number of ether oxygens (including phenoxy) is 3. The van der Waals surface area contributed by atoms with Gasteiger partial charge < -0.3 is 23.7 Å². The number of piperidine rings is 1. The summed E-state index contributed by atoms with van der Waals surface area (Å²) in [6.07, 6.45) is 2.32. The minimum absolute atomic E-state index is 0.00152. The number of rotatable bonds is 8. The highest BCUT2D eigenvalue weighted by molar-refractivity contribution is 7.90. The Kier molecular flexibility index (Phi) is 9.94. The Morgan fingerprint density at radius 3 is 2.50 bits per heavy atom. The predicted molar refractivity (Wildman–Crippen MR) is 145 cm³/mol. The van der Waals surface area contributed by atoms with Crippen LogP contribution >= 0.6 is 34.8 Å². The Morgan fingerprint density at radius 2 is 1.97 bits per heavy atom. The Hall–Kier alpha value is -0.710. The number of halogens is 3. The van der Waals surface area contributed by atoms with Crippen molar-refractivity contribution in [3.8, 4) is 5.75 Å². The van der Waals surface area contributed by atoms with E-state index in [1.807, 2.05) is 20.8 Å². The lowest BCUT2D eigenvalue weighted by Crippen LogP contribution is -2.48. The van der Waals surface area contributed by atoms with Crippen LogP contribution in [0.3, 0.4) is 0 Å². The molecule has 0 radical (unpaired) electrons. The number of amides is 1. The van der Waals surface area contributed by atoms with Crippen molar-refractivity contribution in [1.82, 2.24) is 9.62 Å². The summed E-state index contributed by atoms with van der Waals surface area (Å²) in [6, 6.07) is 1.18. The normalized spacial score (nSPS) is 22.4. The van der Waals surface area contributed by atoms with E-state index in [2.05, 4.69) is 11.3 Å². The number of hydrogen-bond donors (Lipinski definition) is 1. The number of nitrogens with one attached hydrogen (secondary N) is 1. The zero-order valence-electron chi connectivity index (χ0n) is 21.4. The smallest absolute Gasteiger partial charge is 0.254 e. The van der Waals surface area contributed by atoms with Gasteiger partial charge in [-0.3, -0.25) is 4.79 Å². The van der Waals surface area contributed by atoms with Crippen molar-refractivity contribution in [3.05, 3.63) is 39.4 Å². The van der Waals surface area contributed by atoms with Gasteiger partial charge in [-0.25, -0.2) is 0 Å². The maximum Gasteiger partial charge on any atom is 0.254 e. The van der Waals surface area contributed by atoms with E-state index in [0.717, 1.165) is 0 Å². The molecule has 2 saturated heterocycles. The molecular weight excluding hydrogens is 547 g/mol. The molecule has 0 spiro atoms. The van der Waals surface area contributed by atoms with Crippen LogP contribution in [0, 0.1) is 5.92 Å². The van der Waals surface area contributed by atoms with Gasteiger partial charge in [0, 0.05) is 36.1 Å². The van der Waals surface area contributed by atoms with Gasteiger partial charge in [-0.1, -0.05) is 47.5 Å². The maximum atomic E-state index is 13.2. The second-order valence-corrected chi connectivity index (χ2v) is 13.6. The first kappa shape index (κ1) is 29.8. The van der Waals surface area contributed by atoms with Crippen LogP contribution in [0.15, 0.2) is 18.7 Å². The molecule has 2 heterocycles. The highest BCUT2D eigenvalue weighted by Gasteiger charge is 2.42. The van der Waals surface area contributed by atoms with Gasteiger partial charge in [0.15, 0.2) is 11.9 Å². The predicted octanol–water partition coefficient (Wildman–Crippen LogP) is 5.69. The molecule has 1 N–H and O–H groups in total. The van der Waals surface area contributed by atoms with Crippen LogP contribution in [0.1, 0.15) is 59.1 Å². The van der Waals surface area contributed by atoms with Crippen LogP contribution in [-0.4, -0.2) is 58.3 Å². The van der Waals surface area contributed by atoms with Crippen LogP contribution in [-0.2, 0) is 25.6 Å². The summed E-state index contributed by atoms with van der Waals surface area (Å²) in [4.78, 5) is 14.8. The van der Waals surface area contributed by atoms with E-state index in [4.69, 9.17) is 49.0 Å². The SMILES string of the molecule is C=CCOc1cc(Cl)c(Cl)c(Cl)c1[C@H](N[S+]([O-])C(C)(C)C)C1CCN(C(=O)[C@H]2COC(C)(C)O2)CC1. The Morgan fingerprint density at radius 1 is 1.33 bits per heavy atom. The van der Waals surface area contributed by atoms with Crippen LogP contribution in [0.4, 0.5) is 0 Å². The molecule has 0 aliphatic carbocycles. The molecule has 202 valence electrons. The molecule has 7 nitrogen and oxygen atoms in total. The summed E-state index contributed by atoms with van der Waals surface area (Å²) in [6.45, 7) is 14.5. The Balaban J connectivity index is 1.87. The van der Waals surface area contributed by atoms with Gasteiger partial charge in [0.25, 0.3) is 5.91 Å². The highest BCUT2D eigenvalue weighted by atomic mass is 35.5. The molecule has 0 bridgehead atoms. The van der Waals surface area contributed by atoms with Crippen LogP contribution < -0.4 is 9.46 Å². The van der Waals surface area contributed by atoms with E-state index < -0.39 is 34.0 Å². The van der Waals surface area contributed by atoms with Crippen LogP contribution in [0.25, 0.3) is 0 Å². The van der Waals surface area contributed by atoms with Gasteiger partial charge in [-0.05, 0) is 53.4 Å². The van der Waals surface area contributed by atoms with Gasteiger partial charge >= 0.3 is 0 Å². The fraction of sp³-hybridized carbons (Fsp3) is 0.640. The van der Waals surface area contributed by atoms with Crippen LogP contribution in [0.5, 0.6) is 5.75 Å². The van der Waals surface area contributed by atoms with Crippen molar-refractivity contribution in [2.75, 3.05) is 26.3 Å². The van der Waals surface area contributed by atoms with Crippen molar-refractivity contribution in [2.45, 2.75) is 70.1 Å². The van der Waals surface area contributed by atoms with Crippen molar-refractivity contribution < 1.29 is 23.6 Å². The highest BCUT2D eigenvalue weighted by Crippen LogP contribution is 2.46. The first-order valence-electron chi connectivity index (χ1n) is 11.9. The number of likely N-dealkylation sites (tertiary alicyclic amines) is 1. The fourth-order valence-electron chi connectivity index (χ4n) is 4.29. The van der Waals surface area contributed by atoms with E-state index >= 15 is 0 Å². The molecule has 1 unspecified atom stereocenters. The summed E-state index contributed by atoms with van der Waals surface area (Å²) in [5.74, 6) is -0.394. The topological polar surface area (TPSA) is 83.1 Å². The number of carbonyl (C=O) groups is 1. The van der Waals surface area contributed by atoms with Crippen molar-refractivity contribution in [2.24, 2.45) is 5.92 Å². The van der Waals surface area contributed by atoms with Gasteiger partial charge in [-0.2, -0.15) is 0 Å². The first-order chi connectivity index (χ1) is 16.7. The zero-order chi connectivity index (χ0) is 26.8. The molecule has 11 heteroatoms. The fourth-order valence-corrected chi connectivity index (χ4v) is 5.90. The van der Waals surface area contributed by atoms with E-state index in [9.17, 15) is 9.35 Å². The lowest BCUT2D eigenvalue weighted by atomic mass is 9.85. The largest absolute Gasteiger partial charge is 0.598 e. The quantitative estimate of drug-likeness (QED) is 0.241. The third-order valence-corrected chi connectivity index (χ3v) is 9.08. The number of hydrogen-bond acceptors (Lipinski definition) is 6.